The molecule has 24 heavy (non-hydrogen) atoms. The lowest BCUT2D eigenvalue weighted by atomic mass is 10.1. The number of methoxy groups -OCH3 is 1. The number of ether oxygens (including phenoxy) is 2. The van der Waals surface area contributed by atoms with Crippen LogP contribution >= 0.6 is 11.8 Å². The fourth-order valence-electron chi connectivity index (χ4n) is 2.05. The van der Waals surface area contributed by atoms with Gasteiger partial charge in [0, 0.05) is 11.5 Å². The third kappa shape index (κ3) is 5.58. The molecule has 0 saturated carbocycles. The van der Waals surface area contributed by atoms with Gasteiger partial charge < -0.3 is 15.2 Å². The Labute approximate surface area is 147 Å². The van der Waals surface area contributed by atoms with Gasteiger partial charge in [-0.1, -0.05) is 42.5 Å². The number of esters is 1. The Hall–Kier alpha value is -1.98. The number of hydrogen-bond donors (Lipinski definition) is 1. The summed E-state index contributed by atoms with van der Waals surface area (Å²) >= 11 is 1.61. The van der Waals surface area contributed by atoms with Crippen molar-refractivity contribution in [3.63, 3.8) is 0 Å². The van der Waals surface area contributed by atoms with Crippen LogP contribution in [0.1, 0.15) is 18.1 Å². The van der Waals surface area contributed by atoms with Gasteiger partial charge in [-0.3, -0.25) is 4.79 Å². The van der Waals surface area contributed by atoms with Gasteiger partial charge in [0.2, 0.25) is 0 Å². The maximum atomic E-state index is 12.2. The lowest BCUT2D eigenvalue weighted by molar-refractivity contribution is -0.149. The first-order valence-electron chi connectivity index (χ1n) is 7.72. The highest BCUT2D eigenvalue weighted by Crippen LogP contribution is 2.20. The Morgan fingerprint density at radius 3 is 2.38 bits per heavy atom. The summed E-state index contributed by atoms with van der Waals surface area (Å²) in [4.78, 5) is 12.2. The first-order chi connectivity index (χ1) is 11.5. The van der Waals surface area contributed by atoms with Crippen molar-refractivity contribution in [1.82, 2.24) is 0 Å². The van der Waals surface area contributed by atoms with E-state index in [9.17, 15) is 4.79 Å². The number of benzene rings is 2. The molecule has 0 amide bonds. The molecule has 0 saturated heterocycles. The van der Waals surface area contributed by atoms with E-state index in [2.05, 4.69) is 0 Å². The van der Waals surface area contributed by atoms with E-state index >= 15 is 0 Å². The molecule has 4 nitrogen and oxygen atoms in total. The normalized spacial score (nSPS) is 13.1. The van der Waals surface area contributed by atoms with E-state index < -0.39 is 5.54 Å². The maximum Gasteiger partial charge on any atom is 0.327 e. The van der Waals surface area contributed by atoms with Gasteiger partial charge in [-0.25, -0.2) is 0 Å². The van der Waals surface area contributed by atoms with Crippen LogP contribution in [0.2, 0.25) is 0 Å². The summed E-state index contributed by atoms with van der Waals surface area (Å²) in [6.45, 7) is 1.96. The largest absolute Gasteiger partial charge is 0.497 e. The van der Waals surface area contributed by atoms with Crippen LogP contribution < -0.4 is 10.5 Å². The van der Waals surface area contributed by atoms with E-state index in [-0.39, 0.29) is 12.6 Å². The van der Waals surface area contributed by atoms with E-state index in [0.717, 1.165) is 22.6 Å². The highest BCUT2D eigenvalue weighted by atomic mass is 32.2. The third-order valence-corrected chi connectivity index (χ3v) is 4.85. The van der Waals surface area contributed by atoms with Gasteiger partial charge in [-0.2, -0.15) is 11.8 Å². The smallest absolute Gasteiger partial charge is 0.327 e. The molecule has 0 aliphatic heterocycles. The molecule has 0 unspecified atom stereocenters. The van der Waals surface area contributed by atoms with Crippen molar-refractivity contribution in [3.05, 3.63) is 65.7 Å². The van der Waals surface area contributed by atoms with Crippen LogP contribution in [0, 0.1) is 0 Å². The van der Waals surface area contributed by atoms with Crippen LogP contribution in [0.15, 0.2) is 54.6 Å². The zero-order valence-corrected chi connectivity index (χ0v) is 14.8. The molecule has 2 aromatic rings. The lowest BCUT2D eigenvalue weighted by Crippen LogP contribution is -2.48. The maximum absolute atomic E-state index is 12.2. The van der Waals surface area contributed by atoms with Crippen molar-refractivity contribution >= 4 is 17.7 Å². The van der Waals surface area contributed by atoms with Gasteiger partial charge in [0.1, 0.15) is 17.9 Å². The highest BCUT2D eigenvalue weighted by molar-refractivity contribution is 7.98. The molecule has 0 aliphatic rings. The van der Waals surface area contributed by atoms with Crippen molar-refractivity contribution in [2.75, 3.05) is 12.9 Å². The Morgan fingerprint density at radius 1 is 1.08 bits per heavy atom. The molecule has 0 radical (unpaired) electrons. The topological polar surface area (TPSA) is 61.5 Å². The van der Waals surface area contributed by atoms with Crippen LogP contribution in [0.25, 0.3) is 0 Å². The fraction of sp³-hybridized carbons (Fsp3) is 0.316. The van der Waals surface area contributed by atoms with Crippen molar-refractivity contribution < 1.29 is 14.3 Å². The molecule has 0 aromatic heterocycles. The minimum absolute atomic E-state index is 0.246. The van der Waals surface area contributed by atoms with Gasteiger partial charge in [0.05, 0.1) is 7.11 Å². The number of thioether (sulfide) groups is 1. The lowest BCUT2D eigenvalue weighted by Gasteiger charge is -2.22. The second kappa shape index (κ2) is 8.76. The number of rotatable bonds is 8. The van der Waals surface area contributed by atoms with E-state index in [1.165, 1.54) is 0 Å². The molecular formula is C19H23NO3S. The molecule has 0 heterocycles. The summed E-state index contributed by atoms with van der Waals surface area (Å²) in [6, 6.07) is 17.4. The van der Waals surface area contributed by atoms with Crippen LogP contribution in [-0.4, -0.2) is 24.4 Å². The van der Waals surface area contributed by atoms with Crippen LogP contribution in [0.3, 0.4) is 0 Å². The average molecular weight is 345 g/mol. The molecule has 0 fully saturated rings. The number of carbonyl (C=O) groups excluding carboxylic acids is 1. The van der Waals surface area contributed by atoms with E-state index in [1.807, 2.05) is 54.6 Å². The summed E-state index contributed by atoms with van der Waals surface area (Å²) < 4.78 is 10.5. The van der Waals surface area contributed by atoms with Crippen molar-refractivity contribution in [1.29, 1.82) is 0 Å². The van der Waals surface area contributed by atoms with Gasteiger partial charge in [-0.15, -0.1) is 0 Å². The molecule has 0 bridgehead atoms. The number of carbonyl (C=O) groups is 1. The van der Waals surface area contributed by atoms with Crippen molar-refractivity contribution in [2.24, 2.45) is 5.73 Å². The first-order valence-corrected chi connectivity index (χ1v) is 8.87. The third-order valence-electron chi connectivity index (χ3n) is 3.51. The average Bonchev–Trinajstić information content (AvgIpc) is 2.61. The van der Waals surface area contributed by atoms with E-state index in [0.29, 0.717) is 5.75 Å². The van der Waals surface area contributed by atoms with E-state index in [4.69, 9.17) is 15.2 Å². The molecule has 128 valence electrons. The molecule has 0 spiro atoms. The Balaban J connectivity index is 1.77. The van der Waals surface area contributed by atoms with Crippen LogP contribution in [0.4, 0.5) is 0 Å². The minimum atomic E-state index is -1.01. The van der Waals surface area contributed by atoms with Crippen molar-refractivity contribution in [3.8, 4) is 5.75 Å². The summed E-state index contributed by atoms with van der Waals surface area (Å²) in [7, 11) is 1.64. The predicted molar refractivity (Wildman–Crippen MR) is 98.0 cm³/mol. The molecule has 1 atom stereocenters. The number of nitrogens with two attached hydrogens (primary N) is 1. The molecule has 2 N–H and O–H groups in total. The summed E-state index contributed by atoms with van der Waals surface area (Å²) in [5.41, 5.74) is 7.22. The zero-order valence-electron chi connectivity index (χ0n) is 14.0. The monoisotopic (exact) mass is 345 g/mol. The Bertz CT molecular complexity index is 641. The minimum Gasteiger partial charge on any atom is -0.497 e. The predicted octanol–water partition coefficient (Wildman–Crippen LogP) is 3.39. The molecular weight excluding hydrogens is 322 g/mol. The van der Waals surface area contributed by atoms with Gasteiger partial charge in [-0.05, 0) is 30.2 Å². The summed E-state index contributed by atoms with van der Waals surface area (Å²) in [5, 5.41) is 0. The van der Waals surface area contributed by atoms with Gasteiger partial charge >= 0.3 is 5.97 Å². The van der Waals surface area contributed by atoms with Crippen molar-refractivity contribution in [2.45, 2.75) is 24.8 Å². The van der Waals surface area contributed by atoms with Crippen LogP contribution in [0.5, 0.6) is 5.75 Å². The molecule has 2 aromatic carbocycles. The van der Waals surface area contributed by atoms with Gasteiger partial charge in [0.25, 0.3) is 0 Å². The zero-order chi connectivity index (χ0) is 17.4. The standard InChI is InChI=1S/C19H23NO3S/c1-19(20,18(21)23-12-15-6-4-3-5-7-15)14-24-13-16-8-10-17(22-2)11-9-16/h3-11H,12-14,20H2,1-2H3/t19-/m1/s1. The Morgan fingerprint density at radius 2 is 1.75 bits per heavy atom. The van der Waals surface area contributed by atoms with E-state index in [1.54, 1.807) is 25.8 Å². The summed E-state index contributed by atoms with van der Waals surface area (Å²) in [5.74, 6) is 1.72. The Kier molecular flexibility index (Phi) is 6.70. The quantitative estimate of drug-likeness (QED) is 0.743. The number of hydrogen-bond acceptors (Lipinski definition) is 5. The summed E-state index contributed by atoms with van der Waals surface area (Å²) in [6.07, 6.45) is 0. The highest BCUT2D eigenvalue weighted by Gasteiger charge is 2.30. The second-order valence-electron chi connectivity index (χ2n) is 5.82. The second-order valence-corrected chi connectivity index (χ2v) is 6.81. The first kappa shape index (κ1) is 18.4. The molecule has 5 heteroatoms. The molecule has 2 rings (SSSR count). The fourth-order valence-corrected chi connectivity index (χ4v) is 3.12. The molecule has 0 aliphatic carbocycles. The SMILES string of the molecule is COc1ccc(CSC[C@@](C)(N)C(=O)OCc2ccccc2)cc1. The van der Waals surface area contributed by atoms with Gasteiger partial charge in [0.15, 0.2) is 0 Å². The van der Waals surface area contributed by atoms with Crippen LogP contribution in [-0.2, 0) is 21.9 Å².